The number of unbranched alkanes of at least 4 members (excludes halogenated alkanes) is 3. The molecule has 0 aliphatic heterocycles. The van der Waals surface area contributed by atoms with E-state index in [-0.39, 0.29) is 18.4 Å². The first-order valence-electron chi connectivity index (χ1n) is 5.62. The van der Waals surface area contributed by atoms with Crippen LogP contribution in [0, 0.1) is 5.82 Å². The van der Waals surface area contributed by atoms with E-state index < -0.39 is 5.82 Å². The van der Waals surface area contributed by atoms with Crippen LogP contribution < -0.4 is 16.6 Å². The van der Waals surface area contributed by atoms with E-state index >= 15 is 0 Å². The molecule has 1 aromatic heterocycles. The molecule has 1 aromatic rings. The Labute approximate surface area is 99.4 Å². The predicted octanol–water partition coefficient (Wildman–Crippen LogP) is 0.866. The molecule has 0 saturated heterocycles. The van der Waals surface area contributed by atoms with Crippen LogP contribution in [0.25, 0.3) is 0 Å². The van der Waals surface area contributed by atoms with Gasteiger partial charge in [0.05, 0.1) is 6.20 Å². The molecule has 0 aliphatic rings. The van der Waals surface area contributed by atoms with Crippen molar-refractivity contribution in [2.24, 2.45) is 5.84 Å². The zero-order chi connectivity index (χ0) is 12.5. The molecule has 0 spiro atoms. The zero-order valence-corrected chi connectivity index (χ0v) is 9.62. The van der Waals surface area contributed by atoms with E-state index in [1.807, 2.05) is 0 Å². The van der Waals surface area contributed by atoms with Gasteiger partial charge < -0.3 is 10.4 Å². The van der Waals surface area contributed by atoms with Crippen molar-refractivity contribution < 1.29 is 9.50 Å². The zero-order valence-electron chi connectivity index (χ0n) is 9.62. The van der Waals surface area contributed by atoms with Crippen molar-refractivity contribution in [3.05, 3.63) is 12.0 Å². The Morgan fingerprint density at radius 2 is 2.06 bits per heavy atom. The summed E-state index contributed by atoms with van der Waals surface area (Å²) in [5.41, 5.74) is 2.26. The van der Waals surface area contributed by atoms with E-state index in [2.05, 4.69) is 20.7 Å². The van der Waals surface area contributed by atoms with Crippen molar-refractivity contribution in [3.8, 4) is 0 Å². The molecule has 0 saturated carbocycles. The van der Waals surface area contributed by atoms with Crippen molar-refractivity contribution in [2.75, 3.05) is 23.9 Å². The van der Waals surface area contributed by atoms with Gasteiger partial charge in [-0.3, -0.25) is 5.43 Å². The predicted molar refractivity (Wildman–Crippen MR) is 63.8 cm³/mol. The quantitative estimate of drug-likeness (QED) is 0.307. The van der Waals surface area contributed by atoms with E-state index in [9.17, 15) is 4.39 Å². The smallest absolute Gasteiger partial charge is 0.239 e. The van der Waals surface area contributed by atoms with Gasteiger partial charge in [0.2, 0.25) is 5.95 Å². The minimum absolute atomic E-state index is 0.148. The summed E-state index contributed by atoms with van der Waals surface area (Å²) in [6, 6.07) is 0. The number of aromatic nitrogens is 2. The Morgan fingerprint density at radius 3 is 2.76 bits per heavy atom. The normalized spacial score (nSPS) is 10.3. The fourth-order valence-electron chi connectivity index (χ4n) is 1.36. The van der Waals surface area contributed by atoms with Gasteiger partial charge in [-0.25, -0.2) is 15.2 Å². The van der Waals surface area contributed by atoms with Crippen LogP contribution in [0.3, 0.4) is 0 Å². The highest BCUT2D eigenvalue weighted by Gasteiger charge is 2.05. The molecule has 0 aliphatic carbocycles. The summed E-state index contributed by atoms with van der Waals surface area (Å²) in [5.74, 6) is 4.95. The molecule has 17 heavy (non-hydrogen) atoms. The van der Waals surface area contributed by atoms with E-state index in [0.717, 1.165) is 31.9 Å². The van der Waals surface area contributed by atoms with Crippen molar-refractivity contribution in [3.63, 3.8) is 0 Å². The Bertz CT molecular complexity index is 336. The lowest BCUT2D eigenvalue weighted by molar-refractivity contribution is 0.283. The number of rotatable bonds is 8. The molecule has 0 aromatic carbocycles. The van der Waals surface area contributed by atoms with Gasteiger partial charge >= 0.3 is 0 Å². The molecule has 0 atom stereocenters. The maximum absolute atomic E-state index is 13.2. The third-order valence-electron chi connectivity index (χ3n) is 2.25. The summed E-state index contributed by atoms with van der Waals surface area (Å²) in [7, 11) is 0. The molecule has 5 N–H and O–H groups in total. The third-order valence-corrected chi connectivity index (χ3v) is 2.25. The average Bonchev–Trinajstić information content (AvgIpc) is 2.35. The van der Waals surface area contributed by atoms with Crippen molar-refractivity contribution >= 4 is 11.8 Å². The number of hydrogen-bond donors (Lipinski definition) is 4. The van der Waals surface area contributed by atoms with Crippen LogP contribution in [0.5, 0.6) is 0 Å². The molecule has 0 unspecified atom stereocenters. The van der Waals surface area contributed by atoms with Gasteiger partial charge in [-0.05, 0) is 12.8 Å². The molecule has 0 bridgehead atoms. The number of anilines is 2. The third kappa shape index (κ3) is 4.92. The van der Waals surface area contributed by atoms with Crippen LogP contribution >= 0.6 is 0 Å². The molecule has 0 fully saturated rings. The minimum atomic E-state index is -0.501. The number of hydrogen-bond acceptors (Lipinski definition) is 6. The molecule has 96 valence electrons. The highest BCUT2D eigenvalue weighted by Crippen LogP contribution is 2.11. The number of nitrogen functional groups attached to an aromatic ring is 1. The summed E-state index contributed by atoms with van der Waals surface area (Å²) in [5, 5.41) is 11.5. The van der Waals surface area contributed by atoms with Gasteiger partial charge in [-0.15, -0.1) is 0 Å². The van der Waals surface area contributed by atoms with E-state index in [0.29, 0.717) is 6.54 Å². The first-order valence-corrected chi connectivity index (χ1v) is 5.62. The standard InChI is InChI=1S/C10H18FN5O/c11-8-7-14-10(16-12)15-9(8)13-5-3-1-2-4-6-17/h7,17H,1-6,12H2,(H2,13,14,15,16). The largest absolute Gasteiger partial charge is 0.396 e. The average molecular weight is 243 g/mol. The molecular weight excluding hydrogens is 225 g/mol. The summed E-state index contributed by atoms with van der Waals surface area (Å²) >= 11 is 0. The number of nitrogens with zero attached hydrogens (tertiary/aromatic N) is 2. The van der Waals surface area contributed by atoms with Crippen LogP contribution in [-0.2, 0) is 0 Å². The molecule has 1 heterocycles. The lowest BCUT2D eigenvalue weighted by atomic mass is 10.2. The van der Waals surface area contributed by atoms with Gasteiger partial charge in [-0.1, -0.05) is 12.8 Å². The molecule has 0 amide bonds. The monoisotopic (exact) mass is 243 g/mol. The topological polar surface area (TPSA) is 96.1 Å². The number of nitrogens with one attached hydrogen (secondary N) is 2. The van der Waals surface area contributed by atoms with Gasteiger partial charge in [-0.2, -0.15) is 4.98 Å². The Kier molecular flexibility index (Phi) is 6.19. The van der Waals surface area contributed by atoms with Crippen molar-refractivity contribution in [2.45, 2.75) is 25.7 Å². The van der Waals surface area contributed by atoms with Crippen molar-refractivity contribution in [1.29, 1.82) is 0 Å². The van der Waals surface area contributed by atoms with Gasteiger partial charge in [0, 0.05) is 13.2 Å². The number of nitrogens with two attached hydrogens (primary N) is 1. The minimum Gasteiger partial charge on any atom is -0.396 e. The summed E-state index contributed by atoms with van der Waals surface area (Å²) in [4.78, 5) is 7.49. The van der Waals surface area contributed by atoms with Crippen LogP contribution in [-0.4, -0.2) is 28.2 Å². The second-order valence-corrected chi connectivity index (χ2v) is 3.60. The van der Waals surface area contributed by atoms with Crippen LogP contribution in [0.4, 0.5) is 16.2 Å². The highest BCUT2D eigenvalue weighted by molar-refractivity contribution is 5.40. The van der Waals surface area contributed by atoms with E-state index in [4.69, 9.17) is 10.9 Å². The number of aliphatic hydroxyl groups excluding tert-OH is 1. The van der Waals surface area contributed by atoms with Crippen LogP contribution in [0.2, 0.25) is 0 Å². The Balaban J connectivity index is 2.30. The van der Waals surface area contributed by atoms with E-state index in [1.165, 1.54) is 0 Å². The second kappa shape index (κ2) is 7.75. The maximum Gasteiger partial charge on any atom is 0.239 e. The SMILES string of the molecule is NNc1ncc(F)c(NCCCCCCO)n1. The number of halogens is 1. The summed E-state index contributed by atoms with van der Waals surface area (Å²) < 4.78 is 13.2. The van der Waals surface area contributed by atoms with Gasteiger partial charge in [0.1, 0.15) is 0 Å². The Morgan fingerprint density at radius 1 is 1.29 bits per heavy atom. The molecule has 0 radical (unpaired) electrons. The van der Waals surface area contributed by atoms with Crippen molar-refractivity contribution in [1.82, 2.24) is 9.97 Å². The second-order valence-electron chi connectivity index (χ2n) is 3.60. The maximum atomic E-state index is 13.2. The molecule has 6 nitrogen and oxygen atoms in total. The molecular formula is C10H18FN5O. The Hall–Kier alpha value is -1.47. The van der Waals surface area contributed by atoms with Gasteiger partial charge in [0.25, 0.3) is 0 Å². The first kappa shape index (κ1) is 13.6. The molecule has 7 heteroatoms. The van der Waals surface area contributed by atoms with E-state index in [1.54, 1.807) is 0 Å². The fraction of sp³-hybridized carbons (Fsp3) is 0.600. The lowest BCUT2D eigenvalue weighted by Crippen LogP contribution is -2.13. The summed E-state index contributed by atoms with van der Waals surface area (Å²) in [6.45, 7) is 0.850. The lowest BCUT2D eigenvalue weighted by Gasteiger charge is -2.07. The first-order chi connectivity index (χ1) is 8.27. The number of hydrazine groups is 1. The highest BCUT2D eigenvalue weighted by atomic mass is 19.1. The summed E-state index contributed by atoms with van der Waals surface area (Å²) in [6.07, 6.45) is 4.73. The van der Waals surface area contributed by atoms with Crippen LogP contribution in [0.15, 0.2) is 6.20 Å². The number of aliphatic hydroxyl groups is 1. The molecule has 1 rings (SSSR count). The van der Waals surface area contributed by atoms with Crippen LogP contribution in [0.1, 0.15) is 25.7 Å². The van der Waals surface area contributed by atoms with Gasteiger partial charge in [0.15, 0.2) is 11.6 Å². The fourth-order valence-corrected chi connectivity index (χ4v) is 1.36.